The van der Waals surface area contributed by atoms with Gasteiger partial charge in [-0.25, -0.2) is 0 Å². The molecule has 0 saturated carbocycles. The summed E-state index contributed by atoms with van der Waals surface area (Å²) in [6.45, 7) is 0. The van der Waals surface area contributed by atoms with E-state index in [-0.39, 0.29) is 5.41 Å². The Hall–Kier alpha value is -6.74. The van der Waals surface area contributed by atoms with Gasteiger partial charge in [-0.05, 0) is 121 Å². The lowest BCUT2D eigenvalue weighted by Crippen LogP contribution is -2.23. The molecule has 1 heterocycles. The second-order valence-electron chi connectivity index (χ2n) is 15.9. The largest absolute Gasteiger partial charge is 0.310 e. The molecule has 1 aromatic heterocycles. The maximum atomic E-state index is 2.51. The first-order valence-corrected chi connectivity index (χ1v) is 20.9. The number of nitrogens with zero attached hydrogens (tertiary/aromatic N) is 1. The number of anilines is 2. The number of hydrogen-bond acceptors (Lipinski definition) is 2. The third-order valence-electron chi connectivity index (χ3n) is 13.2. The highest BCUT2D eigenvalue weighted by molar-refractivity contribution is 7.26. The Bertz CT molecular complexity index is 3180. The van der Waals surface area contributed by atoms with Gasteiger partial charge >= 0.3 is 0 Å². The Morgan fingerprint density at radius 1 is 0.509 bits per heavy atom. The van der Waals surface area contributed by atoms with Crippen LogP contribution in [0.4, 0.5) is 11.4 Å². The molecule has 2 unspecified atom stereocenters. The normalized spacial score (nSPS) is 17.7. The van der Waals surface area contributed by atoms with Crippen molar-refractivity contribution in [3.63, 3.8) is 0 Å². The van der Waals surface area contributed by atoms with E-state index < -0.39 is 0 Å². The zero-order chi connectivity index (χ0) is 37.2. The van der Waals surface area contributed by atoms with Crippen LogP contribution >= 0.6 is 11.3 Å². The Labute approximate surface area is 336 Å². The molecule has 266 valence electrons. The lowest BCUT2D eigenvalue weighted by molar-refractivity contribution is 0.818. The van der Waals surface area contributed by atoms with E-state index in [0.717, 1.165) is 12.1 Å². The molecule has 0 bridgehead atoms. The van der Waals surface area contributed by atoms with Crippen molar-refractivity contribution < 1.29 is 0 Å². The minimum Gasteiger partial charge on any atom is -0.310 e. The van der Waals surface area contributed by atoms with Crippen molar-refractivity contribution >= 4 is 42.9 Å². The SMILES string of the molecule is C1=CC(c2ccccc2)CC=C1N(c1ccc(-c2ccc3c(c2)C24c5ccccc5-c5cccc(c52)-c2cccc-3c24)cc1)c1cccc2sc3ccccc3c12. The Balaban J connectivity index is 0.950. The van der Waals surface area contributed by atoms with E-state index in [9.17, 15) is 0 Å². The minimum atomic E-state index is -0.282. The number of rotatable bonds is 5. The molecular formula is C55H35NS. The first-order valence-electron chi connectivity index (χ1n) is 20.0. The molecule has 4 aliphatic rings. The summed E-state index contributed by atoms with van der Waals surface area (Å²) in [4.78, 5) is 2.48. The number of benzene rings is 8. The maximum absolute atomic E-state index is 2.51. The maximum Gasteiger partial charge on any atom is 0.0737 e. The number of hydrogen-bond donors (Lipinski definition) is 0. The summed E-state index contributed by atoms with van der Waals surface area (Å²) >= 11 is 1.88. The summed E-state index contributed by atoms with van der Waals surface area (Å²) in [6.07, 6.45) is 8.11. The van der Waals surface area contributed by atoms with Gasteiger partial charge in [-0.1, -0.05) is 152 Å². The molecule has 2 heteroatoms. The van der Waals surface area contributed by atoms with Crippen LogP contribution in [0.5, 0.6) is 0 Å². The summed E-state index contributed by atoms with van der Waals surface area (Å²) < 4.78 is 2.63. The van der Waals surface area contributed by atoms with E-state index in [1.54, 1.807) is 0 Å². The zero-order valence-corrected chi connectivity index (χ0v) is 31.9. The predicted molar refractivity (Wildman–Crippen MR) is 240 cm³/mol. The summed E-state index contributed by atoms with van der Waals surface area (Å²) in [5, 5.41) is 2.62. The fourth-order valence-corrected chi connectivity index (χ4v) is 12.0. The highest BCUT2D eigenvalue weighted by Gasteiger charge is 2.57. The average molecular weight is 742 g/mol. The first kappa shape index (κ1) is 31.5. The van der Waals surface area contributed by atoms with Crippen LogP contribution in [0.15, 0.2) is 200 Å². The predicted octanol–water partition coefficient (Wildman–Crippen LogP) is 14.8. The van der Waals surface area contributed by atoms with E-state index in [1.807, 2.05) is 11.3 Å². The molecule has 0 N–H and O–H groups in total. The zero-order valence-electron chi connectivity index (χ0n) is 31.1. The summed E-state index contributed by atoms with van der Waals surface area (Å²) in [7, 11) is 0. The second-order valence-corrected chi connectivity index (χ2v) is 17.0. The topological polar surface area (TPSA) is 3.24 Å². The third-order valence-corrected chi connectivity index (χ3v) is 14.3. The average Bonchev–Trinajstić information content (AvgIpc) is 4.00. The van der Waals surface area contributed by atoms with E-state index >= 15 is 0 Å². The minimum absolute atomic E-state index is 0.282. The lowest BCUT2D eigenvalue weighted by Gasteiger charge is -2.30. The van der Waals surface area contributed by atoms with Crippen LogP contribution in [-0.4, -0.2) is 0 Å². The Kier molecular flexibility index (Phi) is 6.43. The van der Waals surface area contributed by atoms with Crippen LogP contribution < -0.4 is 4.90 Å². The molecule has 57 heavy (non-hydrogen) atoms. The van der Waals surface area contributed by atoms with E-state index in [1.165, 1.54) is 104 Å². The van der Waals surface area contributed by atoms with Gasteiger partial charge in [-0.3, -0.25) is 0 Å². The van der Waals surface area contributed by atoms with Crippen molar-refractivity contribution in [2.45, 2.75) is 17.8 Å². The number of allylic oxidation sites excluding steroid dienone is 3. The van der Waals surface area contributed by atoms with Gasteiger partial charge in [-0.2, -0.15) is 0 Å². The quantitative estimate of drug-likeness (QED) is 0.170. The lowest BCUT2D eigenvalue weighted by atomic mass is 9.73. The fourth-order valence-electron chi connectivity index (χ4n) is 10.8. The molecule has 0 amide bonds. The van der Waals surface area contributed by atoms with Crippen LogP contribution in [-0.2, 0) is 5.41 Å². The molecule has 4 aliphatic carbocycles. The highest BCUT2D eigenvalue weighted by atomic mass is 32.1. The van der Waals surface area contributed by atoms with Gasteiger partial charge in [0.15, 0.2) is 0 Å². The molecule has 1 spiro atoms. The van der Waals surface area contributed by atoms with Gasteiger partial charge in [0, 0.05) is 37.5 Å². The molecule has 0 saturated heterocycles. The van der Waals surface area contributed by atoms with Crippen molar-refractivity contribution in [1.29, 1.82) is 0 Å². The molecular weight excluding hydrogens is 707 g/mol. The van der Waals surface area contributed by atoms with Crippen LogP contribution in [0.2, 0.25) is 0 Å². The van der Waals surface area contributed by atoms with Gasteiger partial charge in [0.05, 0.1) is 11.1 Å². The fraction of sp³-hybridized carbons (Fsp3) is 0.0545. The molecule has 8 aromatic carbocycles. The van der Waals surface area contributed by atoms with E-state index in [4.69, 9.17) is 0 Å². The smallest absolute Gasteiger partial charge is 0.0737 e. The Morgan fingerprint density at radius 3 is 1.91 bits per heavy atom. The van der Waals surface area contributed by atoms with Gasteiger partial charge in [0.1, 0.15) is 0 Å². The molecule has 0 aliphatic heterocycles. The van der Waals surface area contributed by atoms with E-state index in [0.29, 0.717) is 5.92 Å². The van der Waals surface area contributed by atoms with Crippen molar-refractivity contribution in [3.8, 4) is 44.5 Å². The van der Waals surface area contributed by atoms with Crippen LogP contribution in [0.3, 0.4) is 0 Å². The van der Waals surface area contributed by atoms with Gasteiger partial charge in [0.2, 0.25) is 0 Å². The molecule has 9 aromatic rings. The van der Waals surface area contributed by atoms with Gasteiger partial charge in [0.25, 0.3) is 0 Å². The summed E-state index contributed by atoms with van der Waals surface area (Å²) in [5.74, 6) is 0.369. The number of thiophene rings is 1. The molecule has 13 rings (SSSR count). The second kappa shape index (κ2) is 11.6. The summed E-state index contributed by atoms with van der Waals surface area (Å²) in [6, 6.07) is 66.0. The van der Waals surface area contributed by atoms with E-state index in [2.05, 4.69) is 199 Å². The molecule has 0 radical (unpaired) electrons. The van der Waals surface area contributed by atoms with Crippen LogP contribution in [0, 0.1) is 0 Å². The summed E-state index contributed by atoms with van der Waals surface area (Å²) in [5.41, 5.74) is 21.1. The third kappa shape index (κ3) is 4.18. The van der Waals surface area contributed by atoms with Crippen LogP contribution in [0.1, 0.15) is 40.2 Å². The van der Waals surface area contributed by atoms with Crippen molar-refractivity contribution in [1.82, 2.24) is 0 Å². The monoisotopic (exact) mass is 741 g/mol. The van der Waals surface area contributed by atoms with Crippen molar-refractivity contribution in [3.05, 3.63) is 228 Å². The molecule has 2 atom stereocenters. The van der Waals surface area contributed by atoms with Crippen LogP contribution in [0.25, 0.3) is 64.7 Å². The number of fused-ring (bicyclic) bond motifs is 8. The van der Waals surface area contributed by atoms with Gasteiger partial charge < -0.3 is 4.90 Å². The Morgan fingerprint density at radius 2 is 1.14 bits per heavy atom. The standard InChI is InChI=1S/C55H35NS/c1-2-11-34(12-3-1)35-23-28-38(29-24-35)56(49-20-10-22-51-52(49)46-14-5-7-21-50(46)57-51)39-30-25-36(26-31-39)37-27-32-41-43-16-9-18-45-44-17-8-15-42-40-13-4-6-19-47(40)55(53(42)44,54(43)45)48(41)33-37/h1-23,25-33,35H,24H2. The first-order chi connectivity index (χ1) is 28.3. The highest BCUT2D eigenvalue weighted by Crippen LogP contribution is 2.70. The molecule has 0 fully saturated rings. The van der Waals surface area contributed by atoms with Crippen molar-refractivity contribution in [2.24, 2.45) is 0 Å². The van der Waals surface area contributed by atoms with Gasteiger partial charge in [-0.15, -0.1) is 11.3 Å². The van der Waals surface area contributed by atoms with Crippen molar-refractivity contribution in [2.75, 3.05) is 4.90 Å². The molecule has 1 nitrogen and oxygen atoms in total.